The Kier molecular flexibility index (Phi) is 9.88. The molecule has 2 aromatic rings. The molecular formula is C30H37NO6. The number of hydrogen-bond donors (Lipinski definition) is 1. The van der Waals surface area contributed by atoms with Crippen LogP contribution in [0.25, 0.3) is 11.1 Å². The number of ketones is 1. The standard InChI is InChI=1S/C30H37NO6/c1-35-25-14-12-24(13-15-25)23-10-8-22(9-11-23)21-37-28-20-27(32)30(31-16-18-36-19-17-31)26(28)6-4-2-3-5-7-29(33)34/h2,4,8-15,26,28,30H,3,5-7,16-21H2,1H3,(H,33,34)/b4-2-/t26-,28-,30+/m0/s1. The lowest BCUT2D eigenvalue weighted by Gasteiger charge is -2.35. The molecule has 1 aliphatic heterocycles. The van der Waals surface area contributed by atoms with Crippen molar-refractivity contribution < 1.29 is 28.9 Å². The molecule has 3 atom stereocenters. The number of hydrogen-bond acceptors (Lipinski definition) is 6. The zero-order chi connectivity index (χ0) is 26.0. The maximum absolute atomic E-state index is 13.1. The first-order valence-electron chi connectivity index (χ1n) is 13.1. The normalized spacial score (nSPS) is 22.5. The van der Waals surface area contributed by atoms with E-state index in [9.17, 15) is 9.59 Å². The molecular weight excluding hydrogens is 470 g/mol. The van der Waals surface area contributed by atoms with E-state index in [2.05, 4.69) is 35.2 Å². The summed E-state index contributed by atoms with van der Waals surface area (Å²) in [5, 5.41) is 8.83. The summed E-state index contributed by atoms with van der Waals surface area (Å²) in [6, 6.07) is 16.2. The molecule has 0 amide bonds. The topological polar surface area (TPSA) is 85.3 Å². The van der Waals surface area contributed by atoms with Crippen LogP contribution in [0.3, 0.4) is 0 Å². The first-order valence-corrected chi connectivity index (χ1v) is 13.1. The Morgan fingerprint density at radius 1 is 1.05 bits per heavy atom. The molecule has 1 saturated carbocycles. The predicted octanol–water partition coefficient (Wildman–Crippen LogP) is 4.74. The number of carboxylic acid groups (broad SMARTS) is 1. The van der Waals surface area contributed by atoms with E-state index in [1.54, 1.807) is 7.11 Å². The van der Waals surface area contributed by atoms with Crippen LogP contribution < -0.4 is 4.74 Å². The number of carbonyl (C=O) groups excluding carboxylic acids is 1. The highest BCUT2D eigenvalue weighted by Gasteiger charge is 2.45. The van der Waals surface area contributed by atoms with Crippen LogP contribution in [-0.2, 0) is 25.7 Å². The van der Waals surface area contributed by atoms with Crippen molar-refractivity contribution in [3.63, 3.8) is 0 Å². The molecule has 0 radical (unpaired) electrons. The quantitative estimate of drug-likeness (QED) is 0.328. The van der Waals surface area contributed by atoms with E-state index >= 15 is 0 Å². The lowest BCUT2D eigenvalue weighted by molar-refractivity contribution is -0.137. The Morgan fingerprint density at radius 2 is 1.73 bits per heavy atom. The maximum Gasteiger partial charge on any atom is 0.303 e. The number of rotatable bonds is 12. The minimum Gasteiger partial charge on any atom is -0.497 e. The third kappa shape index (κ3) is 7.51. The molecule has 0 aromatic heterocycles. The molecule has 198 valence electrons. The van der Waals surface area contributed by atoms with Gasteiger partial charge >= 0.3 is 5.97 Å². The van der Waals surface area contributed by atoms with E-state index in [0.29, 0.717) is 32.7 Å². The van der Waals surface area contributed by atoms with Gasteiger partial charge in [0.25, 0.3) is 0 Å². The average Bonchev–Trinajstić information content (AvgIpc) is 3.24. The van der Waals surface area contributed by atoms with E-state index in [4.69, 9.17) is 19.3 Å². The van der Waals surface area contributed by atoms with Gasteiger partial charge in [0.15, 0.2) is 5.78 Å². The number of allylic oxidation sites excluding steroid dienone is 2. The van der Waals surface area contributed by atoms with Crippen LogP contribution in [0, 0.1) is 5.92 Å². The summed E-state index contributed by atoms with van der Waals surface area (Å²) in [6.07, 6.45) is 6.66. The van der Waals surface area contributed by atoms with Gasteiger partial charge in [-0.1, -0.05) is 48.6 Å². The Morgan fingerprint density at radius 3 is 2.38 bits per heavy atom. The third-order valence-corrected chi connectivity index (χ3v) is 7.23. The molecule has 7 nitrogen and oxygen atoms in total. The number of nitrogens with zero attached hydrogens (tertiary/aromatic N) is 1. The number of carboxylic acids is 1. The Labute approximate surface area is 219 Å². The minimum absolute atomic E-state index is 0.0693. The molecule has 4 rings (SSSR count). The number of methoxy groups -OCH3 is 1. The maximum atomic E-state index is 13.1. The van der Waals surface area contributed by atoms with E-state index in [1.807, 2.05) is 30.3 Å². The van der Waals surface area contributed by atoms with Crippen LogP contribution in [0.5, 0.6) is 5.75 Å². The van der Waals surface area contributed by atoms with Gasteiger partial charge < -0.3 is 19.3 Å². The van der Waals surface area contributed by atoms with Gasteiger partial charge in [0.1, 0.15) is 5.75 Å². The second-order valence-electron chi connectivity index (χ2n) is 9.70. The molecule has 0 bridgehead atoms. The van der Waals surface area contributed by atoms with Gasteiger partial charge in [-0.3, -0.25) is 14.5 Å². The fourth-order valence-corrected chi connectivity index (χ4v) is 5.23. The summed E-state index contributed by atoms with van der Waals surface area (Å²) in [7, 11) is 1.66. The van der Waals surface area contributed by atoms with Crippen molar-refractivity contribution in [3.05, 3.63) is 66.2 Å². The molecule has 2 aromatic carbocycles. The Hall–Kier alpha value is -3.00. The average molecular weight is 508 g/mol. The number of Topliss-reactive ketones (excluding diaryl/α,β-unsaturated/α-hetero) is 1. The molecule has 1 heterocycles. The number of aliphatic carboxylic acids is 1. The van der Waals surface area contributed by atoms with Crippen molar-refractivity contribution >= 4 is 11.8 Å². The summed E-state index contributed by atoms with van der Waals surface area (Å²) in [4.78, 5) is 26.1. The van der Waals surface area contributed by atoms with Crippen LogP contribution in [0.2, 0.25) is 0 Å². The van der Waals surface area contributed by atoms with Gasteiger partial charge in [0.2, 0.25) is 0 Å². The predicted molar refractivity (Wildman–Crippen MR) is 142 cm³/mol. The summed E-state index contributed by atoms with van der Waals surface area (Å²) < 4.78 is 17.1. The highest BCUT2D eigenvalue weighted by Crippen LogP contribution is 2.34. The van der Waals surface area contributed by atoms with Crippen LogP contribution in [0.15, 0.2) is 60.7 Å². The highest BCUT2D eigenvalue weighted by molar-refractivity contribution is 5.87. The third-order valence-electron chi connectivity index (χ3n) is 7.23. The van der Waals surface area contributed by atoms with Crippen LogP contribution in [0.1, 0.15) is 37.7 Å². The van der Waals surface area contributed by atoms with E-state index < -0.39 is 5.97 Å². The van der Waals surface area contributed by atoms with Crippen molar-refractivity contribution in [1.82, 2.24) is 4.90 Å². The van der Waals surface area contributed by atoms with Crippen molar-refractivity contribution in [3.8, 4) is 16.9 Å². The lowest BCUT2D eigenvalue weighted by atomic mass is 9.95. The van der Waals surface area contributed by atoms with Crippen molar-refractivity contribution in [1.29, 1.82) is 0 Å². The second kappa shape index (κ2) is 13.5. The number of ether oxygens (including phenoxy) is 3. The minimum atomic E-state index is -0.771. The molecule has 7 heteroatoms. The van der Waals surface area contributed by atoms with Crippen LogP contribution in [0.4, 0.5) is 0 Å². The van der Waals surface area contributed by atoms with Gasteiger partial charge in [-0.2, -0.15) is 0 Å². The van der Waals surface area contributed by atoms with Gasteiger partial charge in [0, 0.05) is 31.8 Å². The first kappa shape index (κ1) is 27.0. The molecule has 2 fully saturated rings. The summed E-state index contributed by atoms with van der Waals surface area (Å²) in [5.74, 6) is 0.374. The number of carbonyl (C=O) groups is 2. The van der Waals surface area contributed by atoms with E-state index in [0.717, 1.165) is 48.4 Å². The molecule has 1 aliphatic carbocycles. The van der Waals surface area contributed by atoms with E-state index in [-0.39, 0.29) is 30.3 Å². The molecule has 2 aliphatic rings. The second-order valence-corrected chi connectivity index (χ2v) is 9.70. The van der Waals surface area contributed by atoms with Gasteiger partial charge in [-0.15, -0.1) is 0 Å². The summed E-state index contributed by atoms with van der Waals surface area (Å²) >= 11 is 0. The van der Waals surface area contributed by atoms with Crippen LogP contribution >= 0.6 is 0 Å². The fourth-order valence-electron chi connectivity index (χ4n) is 5.23. The lowest BCUT2D eigenvalue weighted by Crippen LogP contribution is -2.49. The SMILES string of the molecule is COc1ccc(-c2ccc(CO[C@H]3CC(=O)[C@H](N4CCOCC4)[C@H]3C/C=C\CCCC(=O)O)cc2)cc1. The fraction of sp³-hybridized carbons (Fsp3) is 0.467. The first-order chi connectivity index (χ1) is 18.0. The van der Waals surface area contributed by atoms with Crippen molar-refractivity contribution in [2.45, 2.75) is 50.9 Å². The monoisotopic (exact) mass is 507 g/mol. The number of unbranched alkanes of at least 4 members (excludes halogenated alkanes) is 1. The summed E-state index contributed by atoms with van der Waals surface area (Å²) in [6.45, 7) is 3.26. The van der Waals surface area contributed by atoms with Crippen molar-refractivity contribution in [2.75, 3.05) is 33.4 Å². The van der Waals surface area contributed by atoms with Crippen molar-refractivity contribution in [2.24, 2.45) is 5.92 Å². The zero-order valence-electron chi connectivity index (χ0n) is 21.5. The molecule has 0 spiro atoms. The molecule has 1 saturated heterocycles. The smallest absolute Gasteiger partial charge is 0.303 e. The number of morpholine rings is 1. The molecule has 0 unspecified atom stereocenters. The largest absolute Gasteiger partial charge is 0.497 e. The zero-order valence-corrected chi connectivity index (χ0v) is 21.5. The van der Waals surface area contributed by atoms with E-state index in [1.165, 1.54) is 0 Å². The molecule has 1 N–H and O–H groups in total. The summed E-state index contributed by atoms with van der Waals surface area (Å²) in [5.41, 5.74) is 3.32. The number of benzene rings is 2. The van der Waals surface area contributed by atoms with Crippen LogP contribution in [-0.4, -0.2) is 67.3 Å². The highest BCUT2D eigenvalue weighted by atomic mass is 16.5. The van der Waals surface area contributed by atoms with Gasteiger partial charge in [-0.05, 0) is 48.1 Å². The van der Waals surface area contributed by atoms with Gasteiger partial charge in [0.05, 0.1) is 39.1 Å². The Balaban J connectivity index is 1.38. The Bertz CT molecular complexity index is 1040. The molecule has 37 heavy (non-hydrogen) atoms. The van der Waals surface area contributed by atoms with Gasteiger partial charge in [-0.25, -0.2) is 0 Å².